The number of aryl methyl sites for hydroxylation is 1. The number of rotatable bonds is 3. The van der Waals surface area contributed by atoms with Gasteiger partial charge in [-0.25, -0.2) is 4.68 Å². The lowest BCUT2D eigenvalue weighted by Gasteiger charge is -2.09. The molecule has 0 radical (unpaired) electrons. The van der Waals surface area contributed by atoms with Gasteiger partial charge in [0.25, 0.3) is 0 Å². The predicted octanol–water partition coefficient (Wildman–Crippen LogP) is 2.21. The van der Waals surface area contributed by atoms with E-state index in [1.807, 2.05) is 16.9 Å². The first kappa shape index (κ1) is 10.5. The Balaban J connectivity index is 1.83. The van der Waals surface area contributed by atoms with Crippen molar-refractivity contribution in [1.82, 2.24) is 9.78 Å². The number of benzene rings is 1. The lowest BCUT2D eigenvalue weighted by atomic mass is 10.0. The molecule has 1 aromatic carbocycles. The highest BCUT2D eigenvalue weighted by molar-refractivity contribution is 5.36. The first-order chi connectivity index (χ1) is 8.16. The predicted molar refractivity (Wildman–Crippen MR) is 68.2 cm³/mol. The maximum absolute atomic E-state index is 6.12. The highest BCUT2D eigenvalue weighted by Crippen LogP contribution is 2.35. The van der Waals surface area contributed by atoms with Crippen LogP contribution in [0.15, 0.2) is 36.5 Å². The molecule has 3 nitrogen and oxygen atoms in total. The Morgan fingerprint density at radius 2 is 1.94 bits per heavy atom. The Bertz CT molecular complexity index is 521. The fourth-order valence-corrected chi connectivity index (χ4v) is 2.14. The topological polar surface area (TPSA) is 43.8 Å². The Kier molecular flexibility index (Phi) is 2.30. The highest BCUT2D eigenvalue weighted by Gasteiger charge is 2.37. The van der Waals surface area contributed by atoms with Crippen LogP contribution in [0.3, 0.4) is 0 Å². The molecular formula is C14H17N3. The molecule has 0 atom stereocenters. The van der Waals surface area contributed by atoms with Gasteiger partial charge >= 0.3 is 0 Å². The number of hydrogen-bond acceptors (Lipinski definition) is 2. The van der Waals surface area contributed by atoms with Gasteiger partial charge in [0.2, 0.25) is 0 Å². The summed E-state index contributed by atoms with van der Waals surface area (Å²) in [5, 5.41) is 4.29. The van der Waals surface area contributed by atoms with Crippen molar-refractivity contribution in [1.29, 1.82) is 0 Å². The second-order valence-electron chi connectivity index (χ2n) is 5.09. The van der Waals surface area contributed by atoms with Gasteiger partial charge in [-0.2, -0.15) is 5.10 Å². The summed E-state index contributed by atoms with van der Waals surface area (Å²) in [7, 11) is 0. The van der Waals surface area contributed by atoms with E-state index in [0.29, 0.717) is 0 Å². The minimum atomic E-state index is 0.0864. The molecule has 3 heteroatoms. The van der Waals surface area contributed by atoms with E-state index in [1.54, 1.807) is 0 Å². The van der Waals surface area contributed by atoms with Crippen molar-refractivity contribution in [2.75, 3.05) is 0 Å². The zero-order chi connectivity index (χ0) is 11.9. The van der Waals surface area contributed by atoms with Crippen LogP contribution in [0.4, 0.5) is 0 Å². The van der Waals surface area contributed by atoms with Crippen molar-refractivity contribution in [3.8, 4) is 5.69 Å². The smallest absolute Gasteiger partial charge is 0.0648 e. The molecule has 2 N–H and O–H groups in total. The minimum absolute atomic E-state index is 0.0864. The molecule has 1 heterocycles. The van der Waals surface area contributed by atoms with Crippen molar-refractivity contribution in [2.45, 2.75) is 31.7 Å². The molecule has 17 heavy (non-hydrogen) atoms. The average molecular weight is 227 g/mol. The van der Waals surface area contributed by atoms with Crippen LogP contribution in [0, 0.1) is 6.92 Å². The molecule has 0 bridgehead atoms. The van der Waals surface area contributed by atoms with E-state index < -0.39 is 0 Å². The maximum Gasteiger partial charge on any atom is 0.0648 e. The average Bonchev–Trinajstić information content (AvgIpc) is 2.87. The summed E-state index contributed by atoms with van der Waals surface area (Å²) in [6.07, 6.45) is 5.13. The molecule has 2 aromatic rings. The third-order valence-electron chi connectivity index (χ3n) is 3.46. The van der Waals surface area contributed by atoms with Crippen LogP contribution >= 0.6 is 0 Å². The van der Waals surface area contributed by atoms with Gasteiger partial charge in [-0.1, -0.05) is 12.1 Å². The molecule has 1 aliphatic carbocycles. The van der Waals surface area contributed by atoms with Gasteiger partial charge in [0.15, 0.2) is 0 Å². The van der Waals surface area contributed by atoms with Crippen LogP contribution in [-0.2, 0) is 6.42 Å². The fraction of sp³-hybridized carbons (Fsp3) is 0.357. The number of nitrogens with zero attached hydrogens (tertiary/aromatic N) is 2. The standard InChI is InChI=1S/C14H17N3/c1-11-6-9-16-17(11)13-4-2-12(3-5-13)10-14(15)7-8-14/h2-6,9H,7-8,10,15H2,1H3. The summed E-state index contributed by atoms with van der Waals surface area (Å²) in [6.45, 7) is 2.06. The van der Waals surface area contributed by atoms with Crippen molar-refractivity contribution in [2.24, 2.45) is 5.73 Å². The maximum atomic E-state index is 6.12. The molecule has 1 aromatic heterocycles. The molecule has 0 aliphatic heterocycles. The Hall–Kier alpha value is -1.61. The molecule has 0 spiro atoms. The van der Waals surface area contributed by atoms with Gasteiger partial charge in [0.05, 0.1) is 5.69 Å². The lowest BCUT2D eigenvalue weighted by molar-refractivity contribution is 0.672. The minimum Gasteiger partial charge on any atom is -0.325 e. The van der Waals surface area contributed by atoms with E-state index in [-0.39, 0.29) is 5.54 Å². The molecule has 1 fully saturated rings. The third kappa shape index (κ3) is 2.11. The Morgan fingerprint density at radius 1 is 1.24 bits per heavy atom. The molecule has 0 saturated heterocycles. The normalized spacial score (nSPS) is 17.1. The summed E-state index contributed by atoms with van der Waals surface area (Å²) in [4.78, 5) is 0. The van der Waals surface area contributed by atoms with Crippen molar-refractivity contribution >= 4 is 0 Å². The van der Waals surface area contributed by atoms with Crippen LogP contribution in [0.2, 0.25) is 0 Å². The first-order valence-electron chi connectivity index (χ1n) is 6.05. The van der Waals surface area contributed by atoms with E-state index in [9.17, 15) is 0 Å². The third-order valence-corrected chi connectivity index (χ3v) is 3.46. The highest BCUT2D eigenvalue weighted by atomic mass is 15.3. The van der Waals surface area contributed by atoms with Crippen LogP contribution < -0.4 is 5.73 Å². The van der Waals surface area contributed by atoms with Gasteiger partial charge in [-0.15, -0.1) is 0 Å². The largest absolute Gasteiger partial charge is 0.325 e. The second-order valence-corrected chi connectivity index (χ2v) is 5.09. The van der Waals surface area contributed by atoms with Crippen LogP contribution in [-0.4, -0.2) is 15.3 Å². The molecule has 1 saturated carbocycles. The van der Waals surface area contributed by atoms with E-state index in [4.69, 9.17) is 5.73 Å². The van der Waals surface area contributed by atoms with Crippen molar-refractivity contribution in [3.63, 3.8) is 0 Å². The van der Waals surface area contributed by atoms with E-state index in [2.05, 4.69) is 36.3 Å². The zero-order valence-corrected chi connectivity index (χ0v) is 10.1. The van der Waals surface area contributed by atoms with E-state index in [1.165, 1.54) is 5.56 Å². The number of hydrogen-bond donors (Lipinski definition) is 1. The Labute approximate surface area is 101 Å². The summed E-state index contributed by atoms with van der Waals surface area (Å²) in [6, 6.07) is 10.5. The van der Waals surface area contributed by atoms with Crippen LogP contribution in [0.1, 0.15) is 24.1 Å². The van der Waals surface area contributed by atoms with Crippen molar-refractivity contribution in [3.05, 3.63) is 47.8 Å². The van der Waals surface area contributed by atoms with Gasteiger partial charge in [-0.3, -0.25) is 0 Å². The molecule has 0 unspecified atom stereocenters. The van der Waals surface area contributed by atoms with Crippen molar-refractivity contribution < 1.29 is 0 Å². The summed E-state index contributed by atoms with van der Waals surface area (Å²) < 4.78 is 1.94. The quantitative estimate of drug-likeness (QED) is 0.873. The second kappa shape index (κ2) is 3.70. The van der Waals surface area contributed by atoms with Gasteiger partial charge in [-0.05, 0) is 49.9 Å². The summed E-state index contributed by atoms with van der Waals surface area (Å²) >= 11 is 0. The zero-order valence-electron chi connectivity index (χ0n) is 10.1. The van der Waals surface area contributed by atoms with Crippen LogP contribution in [0.5, 0.6) is 0 Å². The van der Waals surface area contributed by atoms with Crippen LogP contribution in [0.25, 0.3) is 5.69 Å². The molecule has 3 rings (SSSR count). The van der Waals surface area contributed by atoms with E-state index in [0.717, 1.165) is 30.6 Å². The fourth-order valence-electron chi connectivity index (χ4n) is 2.14. The Morgan fingerprint density at radius 3 is 2.47 bits per heavy atom. The number of nitrogens with two attached hydrogens (primary N) is 1. The SMILES string of the molecule is Cc1ccnn1-c1ccc(CC2(N)CC2)cc1. The molecule has 1 aliphatic rings. The summed E-state index contributed by atoms with van der Waals surface area (Å²) in [5.74, 6) is 0. The summed E-state index contributed by atoms with van der Waals surface area (Å²) in [5.41, 5.74) is 9.78. The first-order valence-corrected chi connectivity index (χ1v) is 6.05. The molecule has 88 valence electrons. The lowest BCUT2D eigenvalue weighted by Crippen LogP contribution is -2.24. The monoisotopic (exact) mass is 227 g/mol. The van der Waals surface area contributed by atoms with E-state index >= 15 is 0 Å². The number of aromatic nitrogens is 2. The van der Waals surface area contributed by atoms with Gasteiger partial charge in [0.1, 0.15) is 0 Å². The van der Waals surface area contributed by atoms with Gasteiger partial charge < -0.3 is 5.73 Å². The molecule has 0 amide bonds. The van der Waals surface area contributed by atoms with Gasteiger partial charge in [0, 0.05) is 17.4 Å². The molecular weight excluding hydrogens is 210 g/mol.